The van der Waals surface area contributed by atoms with Crippen LogP contribution >= 0.6 is 0 Å². The Morgan fingerprint density at radius 3 is 1.75 bits per heavy atom. The number of esters is 3. The number of amides is 1. The molecule has 0 aliphatic carbocycles. The minimum atomic E-state index is -0.590. The van der Waals surface area contributed by atoms with Crippen molar-refractivity contribution in [1.29, 1.82) is 0 Å². The van der Waals surface area contributed by atoms with E-state index in [1.165, 1.54) is 19.3 Å². The maximum absolute atomic E-state index is 12.7. The molecule has 0 aliphatic heterocycles. The summed E-state index contributed by atoms with van der Waals surface area (Å²) in [6.07, 6.45) is 11.9. The molecule has 3 rings (SSSR count). The van der Waals surface area contributed by atoms with Crippen LogP contribution in [0.3, 0.4) is 0 Å². The predicted octanol–water partition coefficient (Wildman–Crippen LogP) is 7.43. The van der Waals surface area contributed by atoms with Crippen molar-refractivity contribution in [2.45, 2.75) is 38.5 Å². The van der Waals surface area contributed by atoms with Crippen LogP contribution in [0.1, 0.15) is 60.0 Å². The number of benzene rings is 3. The van der Waals surface area contributed by atoms with Crippen LogP contribution in [0.25, 0.3) is 6.08 Å². The number of carbonyl (C=O) groups excluding carboxylic acids is 4. The first kappa shape index (κ1) is 39.5. The molecular formula is C40H44N2O9. The van der Waals surface area contributed by atoms with E-state index in [2.05, 4.69) is 23.5 Å². The molecule has 0 atom stereocenters. The van der Waals surface area contributed by atoms with Gasteiger partial charge in [-0.15, -0.1) is 0 Å². The molecule has 3 aromatic rings. The van der Waals surface area contributed by atoms with Crippen LogP contribution in [0.4, 0.5) is 11.4 Å². The van der Waals surface area contributed by atoms with Crippen LogP contribution in [0, 0.1) is 0 Å². The van der Waals surface area contributed by atoms with Crippen molar-refractivity contribution >= 4 is 47.5 Å². The fraction of sp³-hybridized carbons (Fsp3) is 0.275. The number of methoxy groups -OCH3 is 1. The number of anilines is 1. The van der Waals surface area contributed by atoms with Crippen molar-refractivity contribution in [3.63, 3.8) is 0 Å². The number of ether oxygens (including phenoxy) is 5. The van der Waals surface area contributed by atoms with Crippen molar-refractivity contribution in [2.24, 2.45) is 4.99 Å². The predicted molar refractivity (Wildman–Crippen MR) is 197 cm³/mol. The number of unbranched alkanes of at least 4 members (excludes halogenated alkanes) is 4. The Balaban J connectivity index is 1.46. The Morgan fingerprint density at radius 2 is 1.22 bits per heavy atom. The average molecular weight is 697 g/mol. The van der Waals surface area contributed by atoms with Gasteiger partial charge in [0.15, 0.2) is 0 Å². The molecule has 3 aromatic carbocycles. The van der Waals surface area contributed by atoms with Crippen LogP contribution in [-0.2, 0) is 28.6 Å². The van der Waals surface area contributed by atoms with Gasteiger partial charge in [0.25, 0.3) is 0 Å². The van der Waals surface area contributed by atoms with Gasteiger partial charge in [0, 0.05) is 30.1 Å². The maximum atomic E-state index is 12.7. The van der Waals surface area contributed by atoms with Crippen molar-refractivity contribution in [3.05, 3.63) is 115 Å². The SMILES string of the molecule is C=CC(=O)OCCCCCOc1ccc(C=CC(=O)Nc2ccc(N=Cc3ccc(OCCCCCOC(=O)C=C)cc3)c(C(=O)OC)c2)cc1. The molecule has 0 spiro atoms. The summed E-state index contributed by atoms with van der Waals surface area (Å²) in [5.74, 6) is -0.374. The Kier molecular flexibility index (Phi) is 17.5. The summed E-state index contributed by atoms with van der Waals surface area (Å²) in [5.41, 5.74) is 2.59. The fourth-order valence-electron chi connectivity index (χ4n) is 4.43. The molecular weight excluding hydrogens is 652 g/mol. The van der Waals surface area contributed by atoms with Crippen molar-refractivity contribution in [1.82, 2.24) is 0 Å². The largest absolute Gasteiger partial charge is 0.494 e. The molecule has 0 saturated heterocycles. The number of rotatable bonds is 22. The molecule has 268 valence electrons. The molecule has 0 heterocycles. The molecule has 51 heavy (non-hydrogen) atoms. The molecule has 0 aromatic heterocycles. The van der Waals surface area contributed by atoms with Gasteiger partial charge in [0.05, 0.1) is 44.8 Å². The number of aliphatic imine (C=N–C) groups is 1. The normalized spacial score (nSPS) is 10.8. The second kappa shape index (κ2) is 22.6. The topological polar surface area (TPSA) is 139 Å². The molecule has 0 radical (unpaired) electrons. The first-order valence-electron chi connectivity index (χ1n) is 16.6. The third-order valence-corrected chi connectivity index (χ3v) is 7.15. The van der Waals surface area contributed by atoms with Crippen LogP contribution in [0.2, 0.25) is 0 Å². The monoisotopic (exact) mass is 696 g/mol. The molecule has 0 saturated carbocycles. The van der Waals surface area contributed by atoms with E-state index in [4.69, 9.17) is 23.7 Å². The summed E-state index contributed by atoms with van der Waals surface area (Å²) in [6.45, 7) is 8.53. The van der Waals surface area contributed by atoms with Crippen LogP contribution in [-0.4, -0.2) is 63.6 Å². The number of hydrogen-bond acceptors (Lipinski definition) is 10. The first-order chi connectivity index (χ1) is 24.8. The average Bonchev–Trinajstić information content (AvgIpc) is 3.16. The first-order valence-corrected chi connectivity index (χ1v) is 16.6. The highest BCUT2D eigenvalue weighted by molar-refractivity contribution is 6.04. The summed E-state index contributed by atoms with van der Waals surface area (Å²) in [4.78, 5) is 51.8. The fourth-order valence-corrected chi connectivity index (χ4v) is 4.43. The zero-order valence-corrected chi connectivity index (χ0v) is 28.8. The van der Waals surface area contributed by atoms with Gasteiger partial charge in [-0.3, -0.25) is 9.79 Å². The Bertz CT molecular complexity index is 1660. The van der Waals surface area contributed by atoms with E-state index >= 15 is 0 Å². The molecule has 11 nitrogen and oxygen atoms in total. The van der Waals surface area contributed by atoms with Crippen LogP contribution in [0.15, 0.2) is 103 Å². The molecule has 1 amide bonds. The number of hydrogen-bond donors (Lipinski definition) is 1. The minimum absolute atomic E-state index is 0.196. The number of carbonyl (C=O) groups is 4. The van der Waals surface area contributed by atoms with Gasteiger partial charge in [-0.2, -0.15) is 0 Å². The van der Waals surface area contributed by atoms with Crippen molar-refractivity contribution < 1.29 is 42.9 Å². The molecule has 0 unspecified atom stereocenters. The van der Waals surface area contributed by atoms with Gasteiger partial charge in [0.1, 0.15) is 11.5 Å². The van der Waals surface area contributed by atoms with Crippen LogP contribution < -0.4 is 14.8 Å². The number of nitrogens with one attached hydrogen (secondary N) is 1. The smallest absolute Gasteiger partial charge is 0.340 e. The van der Waals surface area contributed by atoms with E-state index in [-0.39, 0.29) is 11.5 Å². The highest BCUT2D eigenvalue weighted by Crippen LogP contribution is 2.25. The molecule has 0 aliphatic rings. The molecule has 11 heteroatoms. The molecule has 1 N–H and O–H groups in total. The second-order valence-electron chi connectivity index (χ2n) is 11.0. The van der Waals surface area contributed by atoms with Crippen LogP contribution in [0.5, 0.6) is 11.5 Å². The third-order valence-electron chi connectivity index (χ3n) is 7.15. The number of nitrogens with zero attached hydrogens (tertiary/aromatic N) is 1. The standard InChI is InChI=1S/C40H44N2O9/c1-4-38(44)50-26-10-6-8-24-48-33-18-12-30(13-19-33)16-23-37(43)42-32-17-22-36(35(28-32)40(46)47-3)41-29-31-14-20-34(21-15-31)49-25-9-7-11-27-51-39(45)5-2/h4-5,12-23,28-29H,1-2,6-11,24-27H2,3H3,(H,42,43). The summed E-state index contributed by atoms with van der Waals surface area (Å²) in [6, 6.07) is 19.5. The minimum Gasteiger partial charge on any atom is -0.494 e. The van der Waals surface area contributed by atoms with Gasteiger partial charge >= 0.3 is 17.9 Å². The molecule has 0 fully saturated rings. The summed E-state index contributed by atoms with van der Waals surface area (Å²) >= 11 is 0. The van der Waals surface area contributed by atoms with E-state index in [0.717, 1.165) is 61.8 Å². The van der Waals surface area contributed by atoms with Crippen molar-refractivity contribution in [2.75, 3.05) is 38.9 Å². The van der Waals surface area contributed by atoms with E-state index in [0.29, 0.717) is 49.3 Å². The van der Waals surface area contributed by atoms with E-state index in [9.17, 15) is 19.2 Å². The highest BCUT2D eigenvalue weighted by Gasteiger charge is 2.13. The van der Waals surface area contributed by atoms with Gasteiger partial charge in [-0.1, -0.05) is 25.3 Å². The van der Waals surface area contributed by atoms with Gasteiger partial charge < -0.3 is 29.0 Å². The summed E-state index contributed by atoms with van der Waals surface area (Å²) in [5, 5.41) is 2.77. The Hall–Kier alpha value is -5.97. The van der Waals surface area contributed by atoms with Gasteiger partial charge in [0.2, 0.25) is 5.91 Å². The van der Waals surface area contributed by atoms with Gasteiger partial charge in [-0.25, -0.2) is 14.4 Å². The van der Waals surface area contributed by atoms with E-state index < -0.39 is 17.9 Å². The van der Waals surface area contributed by atoms with E-state index in [1.807, 2.05) is 48.5 Å². The van der Waals surface area contributed by atoms with Crippen molar-refractivity contribution in [3.8, 4) is 11.5 Å². The van der Waals surface area contributed by atoms with E-state index in [1.54, 1.807) is 24.4 Å². The summed E-state index contributed by atoms with van der Waals surface area (Å²) in [7, 11) is 1.28. The zero-order chi connectivity index (χ0) is 36.7. The summed E-state index contributed by atoms with van der Waals surface area (Å²) < 4.78 is 26.4. The lowest BCUT2D eigenvalue weighted by molar-refractivity contribution is -0.138. The Labute approximate surface area is 298 Å². The zero-order valence-electron chi connectivity index (χ0n) is 28.8. The lowest BCUT2D eigenvalue weighted by Gasteiger charge is -2.08. The third kappa shape index (κ3) is 15.4. The second-order valence-corrected chi connectivity index (χ2v) is 11.0. The quantitative estimate of drug-likeness (QED) is 0.0374. The molecule has 0 bridgehead atoms. The highest BCUT2D eigenvalue weighted by atomic mass is 16.5. The lowest BCUT2D eigenvalue weighted by Crippen LogP contribution is -2.09. The lowest BCUT2D eigenvalue weighted by atomic mass is 10.1. The Morgan fingerprint density at radius 1 is 0.686 bits per heavy atom. The van der Waals surface area contributed by atoms with Gasteiger partial charge in [-0.05, 0) is 110 Å². The maximum Gasteiger partial charge on any atom is 0.340 e.